The van der Waals surface area contributed by atoms with Crippen molar-refractivity contribution in [1.29, 1.82) is 0 Å². The molecule has 0 saturated carbocycles. The molecule has 3 heteroatoms. The van der Waals surface area contributed by atoms with E-state index in [1.165, 1.54) is 0 Å². The summed E-state index contributed by atoms with van der Waals surface area (Å²) in [6, 6.07) is 0. The zero-order valence-electron chi connectivity index (χ0n) is 5.73. The molecule has 2 nitrogen and oxygen atoms in total. The lowest BCUT2D eigenvalue weighted by Gasteiger charge is -1.99. The molecule has 0 aromatic heterocycles. The lowest BCUT2D eigenvalue weighted by Crippen LogP contribution is -2.02. The molecule has 0 saturated heterocycles. The van der Waals surface area contributed by atoms with Gasteiger partial charge < -0.3 is 9.47 Å². The van der Waals surface area contributed by atoms with Gasteiger partial charge in [0.05, 0.1) is 13.2 Å². The molecule has 0 aliphatic carbocycles. The van der Waals surface area contributed by atoms with E-state index >= 15 is 0 Å². The number of alkyl halides is 1. The molecule has 0 rings (SSSR count). The predicted molar refractivity (Wildman–Crippen MR) is 41.1 cm³/mol. The van der Waals surface area contributed by atoms with Gasteiger partial charge >= 0.3 is 0 Å². The summed E-state index contributed by atoms with van der Waals surface area (Å²) >= 11 is 3.31. The minimum absolute atomic E-state index is 0.697. The average Bonchev–Trinajstić information content (AvgIpc) is 1.89. The van der Waals surface area contributed by atoms with Gasteiger partial charge in [-0.1, -0.05) is 15.9 Å². The van der Waals surface area contributed by atoms with E-state index in [0.717, 1.165) is 18.4 Å². The Kier molecular flexibility index (Phi) is 8.77. The molecule has 9 heavy (non-hydrogen) atoms. The standard InChI is InChI=1S/C6H13BrO2/c1-8-5-6-9-4-2-3-7/h2-6H2,1H3. The molecule has 0 N–H and O–H groups in total. The first-order chi connectivity index (χ1) is 4.41. The molecular formula is C6H13BrO2. The summed E-state index contributed by atoms with van der Waals surface area (Å²) in [5.41, 5.74) is 0. The van der Waals surface area contributed by atoms with E-state index < -0.39 is 0 Å². The molecule has 0 bridgehead atoms. The molecule has 0 fully saturated rings. The van der Waals surface area contributed by atoms with Crippen LogP contribution in [-0.4, -0.2) is 32.3 Å². The van der Waals surface area contributed by atoms with Crippen LogP contribution in [0.25, 0.3) is 0 Å². The van der Waals surface area contributed by atoms with Crippen molar-refractivity contribution in [1.82, 2.24) is 0 Å². The zero-order chi connectivity index (χ0) is 6.95. The number of methoxy groups -OCH3 is 1. The molecule has 0 aromatic rings. The van der Waals surface area contributed by atoms with Gasteiger partial charge in [-0.2, -0.15) is 0 Å². The first-order valence-electron chi connectivity index (χ1n) is 3.04. The highest BCUT2D eigenvalue weighted by Crippen LogP contribution is 1.87. The number of hydrogen-bond acceptors (Lipinski definition) is 2. The molecule has 0 unspecified atom stereocenters. The third kappa shape index (κ3) is 8.40. The van der Waals surface area contributed by atoms with Gasteiger partial charge in [-0.05, 0) is 6.42 Å². The Morgan fingerprint density at radius 2 is 2.00 bits per heavy atom. The normalized spacial score (nSPS) is 10.0. The molecule has 0 aliphatic heterocycles. The Labute approximate surface area is 64.7 Å². The lowest BCUT2D eigenvalue weighted by atomic mass is 10.5. The van der Waals surface area contributed by atoms with Gasteiger partial charge in [0.25, 0.3) is 0 Å². The van der Waals surface area contributed by atoms with Crippen LogP contribution in [0.15, 0.2) is 0 Å². The summed E-state index contributed by atoms with van der Waals surface area (Å²) in [6.45, 7) is 2.24. The van der Waals surface area contributed by atoms with Crippen molar-refractivity contribution >= 4 is 15.9 Å². The molecule has 0 radical (unpaired) electrons. The highest BCUT2D eigenvalue weighted by Gasteiger charge is 1.85. The van der Waals surface area contributed by atoms with Crippen molar-refractivity contribution in [2.75, 3.05) is 32.3 Å². The Bertz CT molecular complexity index is 44.3. The van der Waals surface area contributed by atoms with Crippen molar-refractivity contribution in [2.45, 2.75) is 6.42 Å². The smallest absolute Gasteiger partial charge is 0.0700 e. The Hall–Kier alpha value is 0.400. The van der Waals surface area contributed by atoms with E-state index in [-0.39, 0.29) is 0 Å². The maximum Gasteiger partial charge on any atom is 0.0700 e. The second-order valence-electron chi connectivity index (χ2n) is 1.65. The summed E-state index contributed by atoms with van der Waals surface area (Å²) in [7, 11) is 1.67. The fourth-order valence-corrected chi connectivity index (χ4v) is 0.630. The fraction of sp³-hybridized carbons (Fsp3) is 1.00. The first kappa shape index (κ1) is 9.40. The van der Waals surface area contributed by atoms with E-state index in [0.29, 0.717) is 13.2 Å². The van der Waals surface area contributed by atoms with Gasteiger partial charge in [-0.25, -0.2) is 0 Å². The van der Waals surface area contributed by atoms with E-state index in [9.17, 15) is 0 Å². The third-order valence-electron chi connectivity index (χ3n) is 0.854. The van der Waals surface area contributed by atoms with Gasteiger partial charge in [-0.15, -0.1) is 0 Å². The van der Waals surface area contributed by atoms with E-state index in [2.05, 4.69) is 15.9 Å². The van der Waals surface area contributed by atoms with Crippen LogP contribution < -0.4 is 0 Å². The van der Waals surface area contributed by atoms with Gasteiger partial charge in [0.15, 0.2) is 0 Å². The summed E-state index contributed by atoms with van der Waals surface area (Å²) in [6.07, 6.45) is 1.07. The van der Waals surface area contributed by atoms with Crippen LogP contribution in [0.2, 0.25) is 0 Å². The van der Waals surface area contributed by atoms with Crippen LogP contribution in [0.5, 0.6) is 0 Å². The molecule has 0 spiro atoms. The van der Waals surface area contributed by atoms with E-state index in [1.54, 1.807) is 7.11 Å². The molecule has 0 aliphatic rings. The Morgan fingerprint density at radius 1 is 1.22 bits per heavy atom. The second-order valence-corrected chi connectivity index (χ2v) is 2.44. The highest BCUT2D eigenvalue weighted by molar-refractivity contribution is 9.09. The van der Waals surface area contributed by atoms with Crippen LogP contribution in [0, 0.1) is 0 Å². The highest BCUT2D eigenvalue weighted by atomic mass is 79.9. The molecule has 0 aromatic carbocycles. The van der Waals surface area contributed by atoms with Crippen molar-refractivity contribution in [3.63, 3.8) is 0 Å². The Morgan fingerprint density at radius 3 is 2.56 bits per heavy atom. The SMILES string of the molecule is COCCOCCCBr. The lowest BCUT2D eigenvalue weighted by molar-refractivity contribution is 0.0714. The first-order valence-corrected chi connectivity index (χ1v) is 4.16. The number of halogens is 1. The van der Waals surface area contributed by atoms with Crippen LogP contribution in [-0.2, 0) is 9.47 Å². The van der Waals surface area contributed by atoms with Gasteiger partial charge in [-0.3, -0.25) is 0 Å². The molecule has 0 amide bonds. The molecule has 56 valence electrons. The number of rotatable bonds is 6. The monoisotopic (exact) mass is 196 g/mol. The van der Waals surface area contributed by atoms with Gasteiger partial charge in [0.1, 0.15) is 0 Å². The zero-order valence-corrected chi connectivity index (χ0v) is 7.32. The quantitative estimate of drug-likeness (QED) is 0.473. The predicted octanol–water partition coefficient (Wildman–Crippen LogP) is 1.43. The average molecular weight is 197 g/mol. The van der Waals surface area contributed by atoms with Gasteiger partial charge in [0, 0.05) is 19.0 Å². The maximum absolute atomic E-state index is 5.16. The summed E-state index contributed by atoms with van der Waals surface area (Å²) in [5, 5.41) is 1.01. The maximum atomic E-state index is 5.16. The summed E-state index contributed by atoms with van der Waals surface area (Å²) < 4.78 is 9.94. The van der Waals surface area contributed by atoms with Crippen LogP contribution in [0.1, 0.15) is 6.42 Å². The van der Waals surface area contributed by atoms with Crippen LogP contribution in [0.3, 0.4) is 0 Å². The minimum Gasteiger partial charge on any atom is -0.382 e. The molecule has 0 heterocycles. The Balaban J connectivity index is 2.60. The topological polar surface area (TPSA) is 18.5 Å². The van der Waals surface area contributed by atoms with Crippen LogP contribution in [0.4, 0.5) is 0 Å². The van der Waals surface area contributed by atoms with E-state index in [1.807, 2.05) is 0 Å². The van der Waals surface area contributed by atoms with Gasteiger partial charge in [0.2, 0.25) is 0 Å². The summed E-state index contributed by atoms with van der Waals surface area (Å²) in [4.78, 5) is 0. The minimum atomic E-state index is 0.697. The second kappa shape index (κ2) is 8.40. The fourth-order valence-electron chi connectivity index (χ4n) is 0.401. The third-order valence-corrected chi connectivity index (χ3v) is 1.41. The number of ether oxygens (including phenoxy) is 2. The largest absolute Gasteiger partial charge is 0.382 e. The van der Waals surface area contributed by atoms with Crippen molar-refractivity contribution in [3.05, 3.63) is 0 Å². The van der Waals surface area contributed by atoms with Crippen LogP contribution >= 0.6 is 15.9 Å². The molecular weight excluding hydrogens is 184 g/mol. The van der Waals surface area contributed by atoms with Crippen molar-refractivity contribution in [3.8, 4) is 0 Å². The van der Waals surface area contributed by atoms with Crippen molar-refractivity contribution in [2.24, 2.45) is 0 Å². The van der Waals surface area contributed by atoms with E-state index in [4.69, 9.17) is 9.47 Å². The summed E-state index contributed by atoms with van der Waals surface area (Å²) in [5.74, 6) is 0. The molecule has 0 atom stereocenters. The van der Waals surface area contributed by atoms with Crippen molar-refractivity contribution < 1.29 is 9.47 Å². The number of hydrogen-bond donors (Lipinski definition) is 0.